The molecular weight excluding hydrogens is 431 g/mol. The van der Waals surface area contributed by atoms with Crippen LogP contribution in [0.4, 0.5) is 0 Å². The number of nitrogens with one attached hydrogen (secondary N) is 1. The van der Waals surface area contributed by atoms with Gasteiger partial charge in [0.15, 0.2) is 5.96 Å². The summed E-state index contributed by atoms with van der Waals surface area (Å²) in [5.41, 5.74) is 0. The van der Waals surface area contributed by atoms with Crippen molar-refractivity contribution in [3.63, 3.8) is 0 Å². The van der Waals surface area contributed by atoms with Gasteiger partial charge in [-0.05, 0) is 51.5 Å². The number of hydrogen-bond donors (Lipinski definition) is 1. The summed E-state index contributed by atoms with van der Waals surface area (Å²) < 4.78 is 5.19. The Balaban J connectivity index is 0.00000225. The van der Waals surface area contributed by atoms with E-state index in [-0.39, 0.29) is 35.9 Å². The van der Waals surface area contributed by atoms with Crippen molar-refractivity contribution in [2.24, 2.45) is 16.8 Å². The second kappa shape index (κ2) is 9.94. The standard InChI is InChI=1S/C18H32N4O2.HI/c1-3-24-17(23)15-5-4-9-22(13-15)18(19-2)20-11-14-8-10-21(12-14)16-6-7-16;/h14-16H,3-13H2,1-2H3,(H,19,20);1H. The summed E-state index contributed by atoms with van der Waals surface area (Å²) in [6.45, 7) is 7.47. The Kier molecular flexibility index (Phi) is 8.25. The van der Waals surface area contributed by atoms with E-state index in [9.17, 15) is 4.79 Å². The largest absolute Gasteiger partial charge is 0.466 e. The molecule has 0 aromatic rings. The van der Waals surface area contributed by atoms with Gasteiger partial charge in [-0.15, -0.1) is 24.0 Å². The molecule has 1 saturated carbocycles. The number of nitrogens with zero attached hydrogens (tertiary/aromatic N) is 3. The van der Waals surface area contributed by atoms with E-state index in [0.717, 1.165) is 44.5 Å². The molecule has 1 aliphatic carbocycles. The zero-order valence-corrected chi connectivity index (χ0v) is 17.9. The molecule has 144 valence electrons. The Labute approximate surface area is 168 Å². The van der Waals surface area contributed by atoms with Gasteiger partial charge in [0, 0.05) is 39.3 Å². The lowest BCUT2D eigenvalue weighted by Crippen LogP contribution is -2.49. The minimum atomic E-state index is -0.0616. The summed E-state index contributed by atoms with van der Waals surface area (Å²) in [4.78, 5) is 21.3. The van der Waals surface area contributed by atoms with Gasteiger partial charge in [0.25, 0.3) is 0 Å². The second-order valence-electron chi connectivity index (χ2n) is 7.35. The number of guanidine groups is 1. The molecule has 0 radical (unpaired) electrons. The third-order valence-corrected chi connectivity index (χ3v) is 5.48. The third-order valence-electron chi connectivity index (χ3n) is 5.48. The van der Waals surface area contributed by atoms with E-state index in [4.69, 9.17) is 4.74 Å². The number of ether oxygens (including phenoxy) is 1. The fraction of sp³-hybridized carbons (Fsp3) is 0.889. The molecule has 0 aromatic carbocycles. The van der Waals surface area contributed by atoms with Crippen LogP contribution in [0, 0.1) is 11.8 Å². The van der Waals surface area contributed by atoms with Crippen molar-refractivity contribution in [2.75, 3.05) is 46.4 Å². The van der Waals surface area contributed by atoms with Gasteiger partial charge >= 0.3 is 5.97 Å². The van der Waals surface area contributed by atoms with Crippen molar-refractivity contribution >= 4 is 35.9 Å². The number of carbonyl (C=O) groups is 1. The predicted octanol–water partition coefficient (Wildman–Crippen LogP) is 1.94. The molecule has 3 aliphatic rings. The van der Waals surface area contributed by atoms with Crippen molar-refractivity contribution < 1.29 is 9.53 Å². The lowest BCUT2D eigenvalue weighted by molar-refractivity contribution is -0.149. The first kappa shape index (κ1) is 20.7. The van der Waals surface area contributed by atoms with Crippen LogP contribution in [0.25, 0.3) is 0 Å². The Morgan fingerprint density at radius 1 is 1.20 bits per heavy atom. The van der Waals surface area contributed by atoms with E-state index in [1.54, 1.807) is 0 Å². The van der Waals surface area contributed by atoms with Crippen LogP contribution < -0.4 is 5.32 Å². The van der Waals surface area contributed by atoms with Crippen molar-refractivity contribution in [3.05, 3.63) is 0 Å². The molecule has 2 aliphatic heterocycles. The number of hydrogen-bond acceptors (Lipinski definition) is 4. The topological polar surface area (TPSA) is 57.2 Å². The summed E-state index contributed by atoms with van der Waals surface area (Å²) in [5.74, 6) is 1.57. The van der Waals surface area contributed by atoms with E-state index in [0.29, 0.717) is 12.5 Å². The monoisotopic (exact) mass is 464 g/mol. The minimum absolute atomic E-state index is 0. The molecule has 3 rings (SSSR count). The van der Waals surface area contributed by atoms with Crippen molar-refractivity contribution in [3.8, 4) is 0 Å². The van der Waals surface area contributed by atoms with E-state index in [1.807, 2.05) is 14.0 Å². The van der Waals surface area contributed by atoms with Gasteiger partial charge < -0.3 is 19.9 Å². The van der Waals surface area contributed by atoms with E-state index in [1.165, 1.54) is 32.4 Å². The molecule has 25 heavy (non-hydrogen) atoms. The minimum Gasteiger partial charge on any atom is -0.466 e. The average molecular weight is 464 g/mol. The Morgan fingerprint density at radius 3 is 2.68 bits per heavy atom. The van der Waals surface area contributed by atoms with E-state index < -0.39 is 0 Å². The first-order valence-electron chi connectivity index (χ1n) is 9.57. The van der Waals surface area contributed by atoms with Crippen LogP contribution in [-0.2, 0) is 9.53 Å². The smallest absolute Gasteiger partial charge is 0.310 e. The van der Waals surface area contributed by atoms with Crippen molar-refractivity contribution in [2.45, 2.75) is 45.1 Å². The maximum atomic E-state index is 12.0. The zero-order chi connectivity index (χ0) is 16.9. The Bertz CT molecular complexity index is 470. The molecular formula is C18H33IN4O2. The first-order chi connectivity index (χ1) is 11.7. The highest BCUT2D eigenvalue weighted by Gasteiger charge is 2.34. The number of halogens is 1. The highest BCUT2D eigenvalue weighted by atomic mass is 127. The van der Waals surface area contributed by atoms with Crippen molar-refractivity contribution in [1.82, 2.24) is 15.1 Å². The van der Waals surface area contributed by atoms with Gasteiger partial charge in [0.1, 0.15) is 0 Å². The van der Waals surface area contributed by atoms with Crippen LogP contribution in [-0.4, -0.2) is 74.1 Å². The Morgan fingerprint density at radius 2 is 2.00 bits per heavy atom. The SMILES string of the molecule is CCOC(=O)C1CCCN(C(=NC)NCC2CCN(C3CC3)C2)C1.I. The molecule has 7 heteroatoms. The maximum Gasteiger partial charge on any atom is 0.310 e. The number of esters is 1. The van der Waals surface area contributed by atoms with Gasteiger partial charge in [-0.3, -0.25) is 9.79 Å². The molecule has 2 heterocycles. The molecule has 0 aromatic heterocycles. The zero-order valence-electron chi connectivity index (χ0n) is 15.6. The normalized spacial score (nSPS) is 27.8. The Hall–Kier alpha value is -0.570. The summed E-state index contributed by atoms with van der Waals surface area (Å²) in [6.07, 6.45) is 6.01. The van der Waals surface area contributed by atoms with Gasteiger partial charge in [-0.2, -0.15) is 0 Å². The van der Waals surface area contributed by atoms with Gasteiger partial charge in [0.05, 0.1) is 12.5 Å². The molecule has 1 N–H and O–H groups in total. The molecule has 2 saturated heterocycles. The number of aliphatic imine (C=N–C) groups is 1. The van der Waals surface area contributed by atoms with Crippen LogP contribution in [0.3, 0.4) is 0 Å². The lowest BCUT2D eigenvalue weighted by Gasteiger charge is -2.34. The molecule has 3 fully saturated rings. The molecule has 0 spiro atoms. The van der Waals surface area contributed by atoms with Crippen LogP contribution in [0.15, 0.2) is 4.99 Å². The second-order valence-corrected chi connectivity index (χ2v) is 7.35. The van der Waals surface area contributed by atoms with Gasteiger partial charge in [-0.25, -0.2) is 0 Å². The van der Waals surface area contributed by atoms with Crippen molar-refractivity contribution in [1.29, 1.82) is 0 Å². The molecule has 2 atom stereocenters. The highest BCUT2D eigenvalue weighted by molar-refractivity contribution is 14.0. The van der Waals surface area contributed by atoms with E-state index in [2.05, 4.69) is 20.1 Å². The summed E-state index contributed by atoms with van der Waals surface area (Å²) in [7, 11) is 1.83. The average Bonchev–Trinajstić information content (AvgIpc) is 3.35. The summed E-state index contributed by atoms with van der Waals surface area (Å²) in [6, 6.07) is 0.877. The number of rotatable bonds is 5. The van der Waals surface area contributed by atoms with Crippen LogP contribution in [0.2, 0.25) is 0 Å². The summed E-state index contributed by atoms with van der Waals surface area (Å²) in [5, 5.41) is 3.55. The predicted molar refractivity (Wildman–Crippen MR) is 110 cm³/mol. The first-order valence-corrected chi connectivity index (χ1v) is 9.57. The molecule has 0 amide bonds. The van der Waals surface area contributed by atoms with Gasteiger partial charge in [0.2, 0.25) is 0 Å². The molecule has 6 nitrogen and oxygen atoms in total. The maximum absolute atomic E-state index is 12.0. The van der Waals surface area contributed by atoms with Gasteiger partial charge in [-0.1, -0.05) is 0 Å². The summed E-state index contributed by atoms with van der Waals surface area (Å²) >= 11 is 0. The van der Waals surface area contributed by atoms with Crippen LogP contribution in [0.5, 0.6) is 0 Å². The fourth-order valence-corrected chi connectivity index (χ4v) is 3.99. The number of likely N-dealkylation sites (tertiary alicyclic amines) is 2. The highest BCUT2D eigenvalue weighted by Crippen LogP contribution is 2.31. The molecule has 0 bridgehead atoms. The number of carbonyl (C=O) groups excluding carboxylic acids is 1. The number of piperidine rings is 1. The van der Waals surface area contributed by atoms with Crippen LogP contribution in [0.1, 0.15) is 39.0 Å². The third kappa shape index (κ3) is 5.70. The van der Waals surface area contributed by atoms with Crippen LogP contribution >= 0.6 is 24.0 Å². The van der Waals surface area contributed by atoms with E-state index >= 15 is 0 Å². The molecule has 2 unspecified atom stereocenters. The lowest BCUT2D eigenvalue weighted by atomic mass is 9.98. The fourth-order valence-electron chi connectivity index (χ4n) is 3.99. The quantitative estimate of drug-likeness (QED) is 0.292.